The highest BCUT2D eigenvalue weighted by Gasteiger charge is 2.34. The SMILES string of the molecule is CC1(C)CC(Cn2c(=O)n(C(=O)N[C@H](C(N)=O)C(C)(C)C)c3cccnc32)CCO1. The Balaban J connectivity index is 1.98. The number of fused-ring (bicyclic) bond motifs is 1. The van der Waals surface area contributed by atoms with Crippen LogP contribution in [0.3, 0.4) is 0 Å². The first kappa shape index (κ1) is 22.0. The number of nitrogens with zero attached hydrogens (tertiary/aromatic N) is 3. The number of nitrogens with one attached hydrogen (secondary N) is 1. The maximum Gasteiger partial charge on any atom is 0.338 e. The minimum Gasteiger partial charge on any atom is -0.376 e. The largest absolute Gasteiger partial charge is 0.376 e. The molecular weight excluding hydrogens is 386 g/mol. The second-order valence-corrected chi connectivity index (χ2v) is 9.69. The van der Waals surface area contributed by atoms with Crippen LogP contribution in [0, 0.1) is 11.3 Å². The molecule has 1 aliphatic rings. The first-order chi connectivity index (χ1) is 13.9. The van der Waals surface area contributed by atoms with E-state index in [4.69, 9.17) is 10.5 Å². The van der Waals surface area contributed by atoms with Crippen molar-refractivity contribution in [3.05, 3.63) is 28.8 Å². The van der Waals surface area contributed by atoms with Gasteiger partial charge in [-0.15, -0.1) is 0 Å². The summed E-state index contributed by atoms with van der Waals surface area (Å²) in [6.07, 6.45) is 3.23. The zero-order valence-electron chi connectivity index (χ0n) is 18.3. The molecule has 1 saturated heterocycles. The lowest BCUT2D eigenvalue weighted by atomic mass is 9.86. The maximum atomic E-state index is 13.2. The molecule has 0 aromatic carbocycles. The van der Waals surface area contributed by atoms with Gasteiger partial charge >= 0.3 is 11.7 Å². The fourth-order valence-corrected chi connectivity index (χ4v) is 4.12. The topological polar surface area (TPSA) is 121 Å². The zero-order chi connectivity index (χ0) is 22.3. The molecule has 1 fully saturated rings. The molecule has 2 amide bonds. The summed E-state index contributed by atoms with van der Waals surface area (Å²) in [7, 11) is 0. The smallest absolute Gasteiger partial charge is 0.338 e. The number of hydrogen-bond donors (Lipinski definition) is 2. The van der Waals surface area contributed by atoms with Gasteiger partial charge in [0.1, 0.15) is 6.04 Å². The number of carbonyl (C=O) groups is 2. The van der Waals surface area contributed by atoms with Gasteiger partial charge in [-0.25, -0.2) is 19.1 Å². The van der Waals surface area contributed by atoms with E-state index in [0.717, 1.165) is 17.4 Å². The van der Waals surface area contributed by atoms with Crippen LogP contribution in [-0.4, -0.2) is 44.3 Å². The molecule has 3 N–H and O–H groups in total. The van der Waals surface area contributed by atoms with E-state index in [1.165, 1.54) is 4.57 Å². The lowest BCUT2D eigenvalue weighted by molar-refractivity contribution is -0.122. The summed E-state index contributed by atoms with van der Waals surface area (Å²) in [5.41, 5.74) is 4.98. The fourth-order valence-electron chi connectivity index (χ4n) is 4.12. The number of nitrogens with two attached hydrogens (primary N) is 1. The van der Waals surface area contributed by atoms with Gasteiger partial charge in [0, 0.05) is 19.3 Å². The number of pyridine rings is 1. The van der Waals surface area contributed by atoms with E-state index < -0.39 is 29.1 Å². The van der Waals surface area contributed by atoms with Crippen LogP contribution in [0.25, 0.3) is 11.2 Å². The molecule has 1 unspecified atom stereocenters. The molecular formula is C21H31N5O4. The molecule has 3 heterocycles. The Hall–Kier alpha value is -2.68. The summed E-state index contributed by atoms with van der Waals surface area (Å²) >= 11 is 0. The van der Waals surface area contributed by atoms with Gasteiger partial charge in [0.2, 0.25) is 5.91 Å². The third-order valence-electron chi connectivity index (χ3n) is 5.55. The molecule has 0 bridgehead atoms. The van der Waals surface area contributed by atoms with Crippen molar-refractivity contribution >= 4 is 23.1 Å². The van der Waals surface area contributed by atoms with Gasteiger partial charge < -0.3 is 15.8 Å². The van der Waals surface area contributed by atoms with Crippen LogP contribution in [0.4, 0.5) is 4.79 Å². The van der Waals surface area contributed by atoms with E-state index in [2.05, 4.69) is 10.3 Å². The predicted molar refractivity (Wildman–Crippen MR) is 113 cm³/mol. The van der Waals surface area contributed by atoms with Crippen molar-refractivity contribution in [3.63, 3.8) is 0 Å². The van der Waals surface area contributed by atoms with Crippen LogP contribution in [0.15, 0.2) is 23.1 Å². The van der Waals surface area contributed by atoms with Crippen molar-refractivity contribution in [2.24, 2.45) is 17.1 Å². The Morgan fingerprint density at radius 1 is 1.40 bits per heavy atom. The monoisotopic (exact) mass is 417 g/mol. The van der Waals surface area contributed by atoms with Crippen LogP contribution in [0.2, 0.25) is 0 Å². The summed E-state index contributed by atoms with van der Waals surface area (Å²) in [5, 5.41) is 2.62. The minimum atomic E-state index is -0.928. The fraction of sp³-hybridized carbons (Fsp3) is 0.619. The average molecular weight is 418 g/mol. The summed E-state index contributed by atoms with van der Waals surface area (Å²) in [4.78, 5) is 42.5. The minimum absolute atomic E-state index is 0.225. The van der Waals surface area contributed by atoms with Gasteiger partial charge in [0.25, 0.3) is 0 Å². The first-order valence-corrected chi connectivity index (χ1v) is 10.2. The second kappa shape index (κ2) is 7.86. The van der Waals surface area contributed by atoms with E-state index >= 15 is 0 Å². The Morgan fingerprint density at radius 3 is 2.70 bits per heavy atom. The van der Waals surface area contributed by atoms with Crippen molar-refractivity contribution in [2.75, 3.05) is 6.61 Å². The van der Waals surface area contributed by atoms with Crippen molar-refractivity contribution in [2.45, 2.75) is 65.6 Å². The van der Waals surface area contributed by atoms with Crippen molar-refractivity contribution in [1.29, 1.82) is 0 Å². The van der Waals surface area contributed by atoms with Crippen molar-refractivity contribution in [1.82, 2.24) is 19.4 Å². The zero-order valence-corrected chi connectivity index (χ0v) is 18.3. The Bertz CT molecular complexity index is 1010. The van der Waals surface area contributed by atoms with Gasteiger partial charge in [-0.1, -0.05) is 20.8 Å². The van der Waals surface area contributed by atoms with E-state index in [0.29, 0.717) is 24.3 Å². The van der Waals surface area contributed by atoms with Gasteiger partial charge in [-0.3, -0.25) is 9.36 Å². The highest BCUT2D eigenvalue weighted by molar-refractivity contribution is 5.91. The molecule has 9 heteroatoms. The molecule has 2 atom stereocenters. The van der Waals surface area contributed by atoms with Crippen LogP contribution < -0.4 is 16.7 Å². The van der Waals surface area contributed by atoms with Crippen LogP contribution in [0.1, 0.15) is 47.5 Å². The number of carbonyl (C=O) groups excluding carboxylic acids is 2. The summed E-state index contributed by atoms with van der Waals surface area (Å²) in [6, 6.07) is 1.72. The second-order valence-electron chi connectivity index (χ2n) is 9.69. The molecule has 0 saturated carbocycles. The number of imidazole rings is 1. The summed E-state index contributed by atoms with van der Waals surface area (Å²) < 4.78 is 8.35. The van der Waals surface area contributed by atoms with E-state index in [9.17, 15) is 14.4 Å². The third kappa shape index (κ3) is 4.40. The summed E-state index contributed by atoms with van der Waals surface area (Å²) in [5.74, 6) is -0.432. The van der Waals surface area contributed by atoms with Gasteiger partial charge in [0.15, 0.2) is 5.65 Å². The number of ether oxygens (including phenoxy) is 1. The number of primary amides is 1. The van der Waals surface area contributed by atoms with E-state index in [1.807, 2.05) is 13.8 Å². The van der Waals surface area contributed by atoms with E-state index in [1.54, 1.807) is 39.1 Å². The number of aromatic nitrogens is 3. The highest BCUT2D eigenvalue weighted by Crippen LogP contribution is 2.30. The predicted octanol–water partition coefficient (Wildman–Crippen LogP) is 1.86. The Labute approximate surface area is 175 Å². The Morgan fingerprint density at radius 2 is 2.10 bits per heavy atom. The Kier molecular flexibility index (Phi) is 5.77. The van der Waals surface area contributed by atoms with Gasteiger partial charge in [-0.05, 0) is 50.2 Å². The maximum absolute atomic E-state index is 13.2. The van der Waals surface area contributed by atoms with Crippen LogP contribution >= 0.6 is 0 Å². The van der Waals surface area contributed by atoms with Gasteiger partial charge in [0.05, 0.1) is 11.1 Å². The molecule has 0 radical (unpaired) electrons. The molecule has 30 heavy (non-hydrogen) atoms. The van der Waals surface area contributed by atoms with E-state index in [-0.39, 0.29) is 11.5 Å². The standard InChI is InChI=1S/C21H31N5O4/c1-20(2,3)15(16(22)27)24-18(28)26-14-7-6-9-23-17(14)25(19(26)29)12-13-8-10-30-21(4,5)11-13/h6-7,9,13,15H,8,10-12H2,1-5H3,(H2,22,27)(H,24,28)/t13?,15-/m1/s1. The number of rotatable bonds is 4. The van der Waals surface area contributed by atoms with Gasteiger partial charge in [-0.2, -0.15) is 0 Å². The normalized spacial score (nSPS) is 20.1. The highest BCUT2D eigenvalue weighted by atomic mass is 16.5. The molecule has 164 valence electrons. The number of amides is 2. The number of hydrogen-bond acceptors (Lipinski definition) is 5. The van der Waals surface area contributed by atoms with Crippen LogP contribution in [-0.2, 0) is 16.1 Å². The molecule has 9 nitrogen and oxygen atoms in total. The van der Waals surface area contributed by atoms with Crippen molar-refractivity contribution < 1.29 is 14.3 Å². The van der Waals surface area contributed by atoms with Crippen LogP contribution in [0.5, 0.6) is 0 Å². The third-order valence-corrected chi connectivity index (χ3v) is 5.55. The lowest BCUT2D eigenvalue weighted by Gasteiger charge is -2.35. The lowest BCUT2D eigenvalue weighted by Crippen LogP contribution is -2.54. The molecule has 0 aliphatic carbocycles. The average Bonchev–Trinajstić information content (AvgIpc) is 2.89. The van der Waals surface area contributed by atoms with Crippen molar-refractivity contribution in [3.8, 4) is 0 Å². The first-order valence-electron chi connectivity index (χ1n) is 10.2. The molecule has 2 aromatic rings. The quantitative estimate of drug-likeness (QED) is 0.786. The molecule has 0 spiro atoms. The molecule has 3 rings (SSSR count). The molecule has 2 aromatic heterocycles. The molecule has 1 aliphatic heterocycles. The summed E-state index contributed by atoms with van der Waals surface area (Å²) in [6.45, 7) is 10.5.